The van der Waals surface area contributed by atoms with E-state index in [4.69, 9.17) is 11.5 Å². The summed E-state index contributed by atoms with van der Waals surface area (Å²) in [5.74, 6) is 1.32. The first kappa shape index (κ1) is 11.9. The van der Waals surface area contributed by atoms with Crippen LogP contribution in [-0.4, -0.2) is 41.0 Å². The van der Waals surface area contributed by atoms with Crippen molar-refractivity contribution < 1.29 is 0 Å². The number of hydrogen-bond acceptors (Lipinski definition) is 6. The van der Waals surface area contributed by atoms with Gasteiger partial charge >= 0.3 is 0 Å². The Balaban J connectivity index is 1.77. The summed E-state index contributed by atoms with van der Waals surface area (Å²) in [6, 6.07) is 1.70. The van der Waals surface area contributed by atoms with Crippen LogP contribution in [0, 0.1) is 0 Å². The Morgan fingerprint density at radius 2 is 1.94 bits per heavy atom. The fourth-order valence-corrected chi connectivity index (χ4v) is 2.10. The van der Waals surface area contributed by atoms with Crippen molar-refractivity contribution in [3.05, 3.63) is 6.07 Å². The fraction of sp³-hybridized carbons (Fsp3) is 0.636. The van der Waals surface area contributed by atoms with Crippen LogP contribution < -0.4 is 16.8 Å². The Hall–Kier alpha value is -1.56. The van der Waals surface area contributed by atoms with Crippen LogP contribution in [-0.2, 0) is 0 Å². The highest BCUT2D eigenvalue weighted by Crippen LogP contribution is 2.10. The molecule has 1 aromatic heterocycles. The Labute approximate surface area is 101 Å². The molecule has 1 aliphatic rings. The molecule has 1 saturated heterocycles. The van der Waals surface area contributed by atoms with Crippen molar-refractivity contribution in [3.63, 3.8) is 0 Å². The van der Waals surface area contributed by atoms with Gasteiger partial charge in [-0.3, -0.25) is 0 Å². The molecule has 0 amide bonds. The number of nitrogens with two attached hydrogens (primary N) is 2. The second-order valence-electron chi connectivity index (χ2n) is 4.37. The molecule has 2 heterocycles. The maximum absolute atomic E-state index is 5.59. The number of nitrogens with one attached hydrogen (secondary N) is 1. The van der Waals surface area contributed by atoms with Gasteiger partial charge in [-0.2, -0.15) is 9.97 Å². The summed E-state index contributed by atoms with van der Waals surface area (Å²) in [6.45, 7) is 4.30. The lowest BCUT2D eigenvalue weighted by atomic mass is 10.1. The minimum Gasteiger partial charge on any atom is -0.383 e. The molecule has 1 fully saturated rings. The van der Waals surface area contributed by atoms with E-state index in [-0.39, 0.29) is 5.95 Å². The average Bonchev–Trinajstić information content (AvgIpc) is 2.29. The van der Waals surface area contributed by atoms with E-state index >= 15 is 0 Å². The molecule has 1 aromatic rings. The molecule has 0 bridgehead atoms. The molecule has 0 spiro atoms. The second-order valence-corrected chi connectivity index (χ2v) is 4.37. The molecule has 2 rings (SSSR count). The first-order valence-electron chi connectivity index (χ1n) is 6.10. The van der Waals surface area contributed by atoms with Crippen molar-refractivity contribution in [3.8, 4) is 0 Å². The topological polar surface area (TPSA) is 93.1 Å². The van der Waals surface area contributed by atoms with Crippen LogP contribution in [0.15, 0.2) is 6.07 Å². The molecule has 0 saturated carbocycles. The van der Waals surface area contributed by atoms with Gasteiger partial charge in [0.05, 0.1) is 0 Å². The lowest BCUT2D eigenvalue weighted by Gasteiger charge is -2.26. The van der Waals surface area contributed by atoms with Crippen LogP contribution in [0.4, 0.5) is 17.6 Å². The smallest absolute Gasteiger partial charge is 0.223 e. The van der Waals surface area contributed by atoms with Crippen LogP contribution in [0.3, 0.4) is 0 Å². The lowest BCUT2D eigenvalue weighted by molar-refractivity contribution is 0.237. The number of anilines is 3. The molecule has 0 aromatic carbocycles. The van der Waals surface area contributed by atoms with Gasteiger partial charge in [0, 0.05) is 19.2 Å². The minimum atomic E-state index is 0.213. The Kier molecular flexibility index (Phi) is 3.98. The molecular formula is C11H20N6. The molecule has 94 valence electrons. The zero-order valence-electron chi connectivity index (χ0n) is 10.0. The summed E-state index contributed by atoms with van der Waals surface area (Å²) < 4.78 is 0. The summed E-state index contributed by atoms with van der Waals surface area (Å²) in [7, 11) is 0. The SMILES string of the molecule is Nc1cc(NCCN2CCCCC2)nc(N)n1. The normalized spacial score (nSPS) is 16.9. The van der Waals surface area contributed by atoms with E-state index in [2.05, 4.69) is 20.2 Å². The number of nitrogens with zero attached hydrogens (tertiary/aromatic N) is 3. The van der Waals surface area contributed by atoms with Gasteiger partial charge in [-0.25, -0.2) is 0 Å². The largest absolute Gasteiger partial charge is 0.383 e. The van der Waals surface area contributed by atoms with Crippen LogP contribution >= 0.6 is 0 Å². The molecule has 0 aliphatic carbocycles. The summed E-state index contributed by atoms with van der Waals surface area (Å²) in [6.07, 6.45) is 3.99. The number of rotatable bonds is 4. The van der Waals surface area contributed by atoms with E-state index in [1.165, 1.54) is 32.4 Å². The molecule has 17 heavy (non-hydrogen) atoms. The van der Waals surface area contributed by atoms with Gasteiger partial charge in [0.25, 0.3) is 0 Å². The van der Waals surface area contributed by atoms with Crippen molar-refractivity contribution in [1.29, 1.82) is 0 Å². The van der Waals surface area contributed by atoms with E-state index in [0.717, 1.165) is 13.1 Å². The zero-order chi connectivity index (χ0) is 12.1. The zero-order valence-corrected chi connectivity index (χ0v) is 10.0. The number of aromatic nitrogens is 2. The molecule has 0 atom stereocenters. The molecule has 1 aliphatic heterocycles. The first-order valence-corrected chi connectivity index (χ1v) is 6.10. The van der Waals surface area contributed by atoms with Gasteiger partial charge in [0.2, 0.25) is 5.95 Å². The average molecular weight is 236 g/mol. The van der Waals surface area contributed by atoms with E-state index in [1.807, 2.05) is 0 Å². The van der Waals surface area contributed by atoms with Gasteiger partial charge in [0.1, 0.15) is 11.6 Å². The van der Waals surface area contributed by atoms with Crippen LogP contribution in [0.2, 0.25) is 0 Å². The van der Waals surface area contributed by atoms with E-state index < -0.39 is 0 Å². The van der Waals surface area contributed by atoms with E-state index in [0.29, 0.717) is 11.6 Å². The van der Waals surface area contributed by atoms with Crippen LogP contribution in [0.5, 0.6) is 0 Å². The van der Waals surface area contributed by atoms with Gasteiger partial charge in [-0.15, -0.1) is 0 Å². The first-order chi connectivity index (χ1) is 8.24. The third-order valence-electron chi connectivity index (χ3n) is 2.95. The third kappa shape index (κ3) is 3.74. The summed E-state index contributed by atoms with van der Waals surface area (Å²) in [5, 5.41) is 3.22. The highest BCUT2D eigenvalue weighted by molar-refractivity contribution is 5.48. The lowest BCUT2D eigenvalue weighted by Crippen LogP contribution is -2.33. The van der Waals surface area contributed by atoms with Crippen molar-refractivity contribution >= 4 is 17.6 Å². The van der Waals surface area contributed by atoms with Gasteiger partial charge in [-0.1, -0.05) is 6.42 Å². The van der Waals surface area contributed by atoms with E-state index in [1.54, 1.807) is 6.07 Å². The molecule has 0 radical (unpaired) electrons. The molecule has 6 heteroatoms. The molecule has 6 nitrogen and oxygen atoms in total. The fourth-order valence-electron chi connectivity index (χ4n) is 2.10. The molecular weight excluding hydrogens is 216 g/mol. The van der Waals surface area contributed by atoms with Crippen LogP contribution in [0.1, 0.15) is 19.3 Å². The maximum Gasteiger partial charge on any atom is 0.223 e. The maximum atomic E-state index is 5.59. The van der Waals surface area contributed by atoms with Crippen molar-refractivity contribution in [1.82, 2.24) is 14.9 Å². The monoisotopic (exact) mass is 236 g/mol. The van der Waals surface area contributed by atoms with E-state index in [9.17, 15) is 0 Å². The summed E-state index contributed by atoms with van der Waals surface area (Å²) >= 11 is 0. The molecule has 5 N–H and O–H groups in total. The predicted octanol–water partition coefficient (Wildman–Crippen LogP) is 0.539. The van der Waals surface area contributed by atoms with Crippen molar-refractivity contribution in [2.24, 2.45) is 0 Å². The third-order valence-corrected chi connectivity index (χ3v) is 2.95. The Morgan fingerprint density at radius 1 is 1.18 bits per heavy atom. The highest BCUT2D eigenvalue weighted by Gasteiger charge is 2.09. The standard InChI is InChI=1S/C11H20N6/c12-9-8-10(16-11(13)15-9)14-4-7-17-5-2-1-3-6-17/h8H,1-7H2,(H5,12,13,14,15,16). The summed E-state index contributed by atoms with van der Waals surface area (Å²) in [5.41, 5.74) is 11.1. The van der Waals surface area contributed by atoms with Crippen LogP contribution in [0.25, 0.3) is 0 Å². The summed E-state index contributed by atoms with van der Waals surface area (Å²) in [4.78, 5) is 10.4. The quantitative estimate of drug-likeness (QED) is 0.706. The molecule has 0 unspecified atom stereocenters. The number of hydrogen-bond donors (Lipinski definition) is 3. The number of nitrogen functional groups attached to an aromatic ring is 2. The van der Waals surface area contributed by atoms with Gasteiger partial charge in [-0.05, 0) is 25.9 Å². The highest BCUT2D eigenvalue weighted by atomic mass is 15.2. The van der Waals surface area contributed by atoms with Gasteiger partial charge < -0.3 is 21.7 Å². The second kappa shape index (κ2) is 5.67. The van der Waals surface area contributed by atoms with Crippen molar-refractivity contribution in [2.75, 3.05) is 43.0 Å². The number of piperidine rings is 1. The Bertz CT molecular complexity index is 341. The number of likely N-dealkylation sites (tertiary alicyclic amines) is 1. The minimum absolute atomic E-state index is 0.213. The predicted molar refractivity (Wildman–Crippen MR) is 69.6 cm³/mol. The van der Waals surface area contributed by atoms with Gasteiger partial charge in [0.15, 0.2) is 0 Å². The Morgan fingerprint density at radius 3 is 2.65 bits per heavy atom. The van der Waals surface area contributed by atoms with Crippen molar-refractivity contribution in [2.45, 2.75) is 19.3 Å².